The molecule has 72 heavy (non-hydrogen) atoms. The molecular formula is C67H64N4O. The monoisotopic (exact) mass is 951 g/mol. The van der Waals surface area contributed by atoms with Crippen LogP contribution in [0.5, 0.6) is 0 Å². The Hall–Kier alpha value is -7.50. The van der Waals surface area contributed by atoms with Crippen molar-refractivity contribution in [1.29, 1.82) is 0 Å². The quantitative estimate of drug-likeness (QED) is 0.109. The minimum Gasteiger partial charge on any atom is -0.437 e. The number of fused-ring (bicyclic) bond motifs is 3. The van der Waals surface area contributed by atoms with Crippen LogP contribution in [0.1, 0.15) is 123 Å². The highest BCUT2D eigenvalue weighted by Gasteiger charge is 2.26. The summed E-state index contributed by atoms with van der Waals surface area (Å²) in [6.45, 7) is 3.45. The van der Waals surface area contributed by atoms with Crippen LogP contribution in [0.3, 0.4) is 0 Å². The standard InChI is InChI=1S/C67H64N4O/c1-44-16-10-13-23-56(44)60-38-63(59-25-15-24-57-58-31-26-45(2)71-65(58)72-64(57)59)68-41-53(60)28-27-46-34-47(39-66(3,4)54-29-32-61(69-42-54)50-19-8-7-9-20-50)36-48(35-46)40-67(5,6)55-30-33-62(70-43-55)52-22-14-21-51(37-52)49-17-11-12-18-49/h7-10,13-16,19-26,29-38,41-43,49H,11-12,17-18,27-28,39-40H2,1-6H3/i1D3,2D3,27D2,28D2. The zero-order chi connectivity index (χ0) is 58.0. The molecule has 1 fully saturated rings. The highest BCUT2D eigenvalue weighted by atomic mass is 16.3. The highest BCUT2D eigenvalue weighted by Crippen LogP contribution is 2.39. The minimum absolute atomic E-state index is 0.0479. The predicted octanol–water partition coefficient (Wildman–Crippen LogP) is 16.9. The molecule has 1 saturated carbocycles. The maximum atomic E-state index is 10.1. The number of aryl methyl sites for hydroxylation is 4. The van der Waals surface area contributed by atoms with Crippen molar-refractivity contribution in [3.8, 4) is 44.9 Å². The lowest BCUT2D eigenvalue weighted by Gasteiger charge is -2.28. The fourth-order valence-corrected chi connectivity index (χ4v) is 10.7. The van der Waals surface area contributed by atoms with Gasteiger partial charge in [-0.05, 0) is 167 Å². The molecule has 1 aliphatic carbocycles. The molecule has 5 aromatic heterocycles. The van der Waals surface area contributed by atoms with Gasteiger partial charge in [-0.1, -0.05) is 156 Å². The van der Waals surface area contributed by atoms with Crippen molar-refractivity contribution in [2.45, 2.75) is 109 Å². The molecule has 0 unspecified atom stereocenters. The average Bonchev–Trinajstić information content (AvgIpc) is 2.62. The van der Waals surface area contributed by atoms with E-state index in [0.717, 1.165) is 44.8 Å². The van der Waals surface area contributed by atoms with Gasteiger partial charge < -0.3 is 4.42 Å². The molecule has 0 atom stereocenters. The molecule has 10 aromatic rings. The van der Waals surface area contributed by atoms with Gasteiger partial charge >= 0.3 is 0 Å². The van der Waals surface area contributed by atoms with Crippen molar-refractivity contribution >= 4 is 22.1 Å². The third-order valence-corrected chi connectivity index (χ3v) is 14.6. The van der Waals surface area contributed by atoms with Crippen LogP contribution in [0.15, 0.2) is 181 Å². The van der Waals surface area contributed by atoms with E-state index in [-0.39, 0.29) is 44.9 Å². The van der Waals surface area contributed by atoms with E-state index in [4.69, 9.17) is 27.6 Å². The number of nitrogens with zero attached hydrogens (tertiary/aromatic N) is 4. The largest absolute Gasteiger partial charge is 0.437 e. The first-order valence-corrected chi connectivity index (χ1v) is 25.0. The molecule has 11 rings (SSSR count). The van der Waals surface area contributed by atoms with Crippen molar-refractivity contribution in [3.05, 3.63) is 227 Å². The van der Waals surface area contributed by atoms with E-state index in [2.05, 4.69) is 81.2 Å². The molecule has 5 heterocycles. The Labute approximate surface area is 439 Å². The van der Waals surface area contributed by atoms with Crippen LogP contribution in [0.4, 0.5) is 0 Å². The molecule has 0 saturated heterocycles. The number of hydrogen-bond donors (Lipinski definition) is 0. The molecule has 5 heteroatoms. The van der Waals surface area contributed by atoms with Gasteiger partial charge in [0.2, 0.25) is 5.71 Å². The van der Waals surface area contributed by atoms with Crippen LogP contribution in [0, 0.1) is 13.7 Å². The van der Waals surface area contributed by atoms with Crippen LogP contribution in [-0.4, -0.2) is 19.9 Å². The van der Waals surface area contributed by atoms with Gasteiger partial charge in [-0.2, -0.15) is 0 Å². The second-order valence-electron chi connectivity index (χ2n) is 20.7. The van der Waals surface area contributed by atoms with Crippen LogP contribution in [0.2, 0.25) is 0 Å². The maximum absolute atomic E-state index is 10.1. The van der Waals surface area contributed by atoms with E-state index in [1.165, 1.54) is 49.6 Å². The molecule has 1 aliphatic rings. The summed E-state index contributed by atoms with van der Waals surface area (Å²) in [5, 5.41) is 1.21. The summed E-state index contributed by atoms with van der Waals surface area (Å²) in [4.78, 5) is 19.0. The second-order valence-corrected chi connectivity index (χ2v) is 20.7. The van der Waals surface area contributed by atoms with Gasteiger partial charge in [0.05, 0.1) is 17.1 Å². The Kier molecular flexibility index (Phi) is 9.91. The number of hydrogen-bond acceptors (Lipinski definition) is 5. The maximum Gasteiger partial charge on any atom is 0.227 e. The third-order valence-electron chi connectivity index (χ3n) is 14.6. The molecular weight excluding hydrogens is 877 g/mol. The van der Waals surface area contributed by atoms with Crippen molar-refractivity contribution in [2.75, 3.05) is 0 Å². The van der Waals surface area contributed by atoms with E-state index >= 15 is 0 Å². The average molecular weight is 951 g/mol. The molecule has 5 aromatic carbocycles. The third kappa shape index (κ3) is 9.78. The summed E-state index contributed by atoms with van der Waals surface area (Å²) in [6.07, 6.45) is 5.41. The molecule has 0 bridgehead atoms. The Morgan fingerprint density at radius 1 is 0.542 bits per heavy atom. The van der Waals surface area contributed by atoms with Gasteiger partial charge in [-0.15, -0.1) is 0 Å². The molecule has 0 spiro atoms. The molecule has 5 nitrogen and oxygen atoms in total. The first kappa shape index (κ1) is 36.4. The lowest BCUT2D eigenvalue weighted by atomic mass is 9.77. The summed E-state index contributed by atoms with van der Waals surface area (Å²) in [5.41, 5.74) is 9.07. The number of benzene rings is 5. The summed E-state index contributed by atoms with van der Waals surface area (Å²) >= 11 is 0. The van der Waals surface area contributed by atoms with E-state index in [1.807, 2.05) is 54.9 Å². The molecule has 0 amide bonds. The first-order valence-electron chi connectivity index (χ1n) is 30.0. The van der Waals surface area contributed by atoms with Crippen molar-refractivity contribution in [3.63, 3.8) is 0 Å². The number of para-hydroxylation sites is 1. The Bertz CT molecular complexity index is 3970. The first-order chi connectivity index (χ1) is 38.9. The van der Waals surface area contributed by atoms with Gasteiger partial charge in [-0.3, -0.25) is 15.0 Å². The van der Waals surface area contributed by atoms with Crippen LogP contribution in [0.25, 0.3) is 67.0 Å². The SMILES string of the molecule is [2H]C([2H])([2H])c1ccc2c(n1)oc1c(-c3cc(-c4ccccc4C([2H])([2H])[2H])c(C([2H])([2H])C([2H])([2H])c4cc(CC(C)(C)c5ccc(-c6ccccc6)nc5)cc(CC(C)(C)c5ccc(-c6cccc(C7CCCC7)c6)nc5)c4)cn3)cccc12. The summed E-state index contributed by atoms with van der Waals surface area (Å²) in [6, 6.07) is 49.1. The van der Waals surface area contributed by atoms with Gasteiger partial charge in [0, 0.05) is 65.5 Å². The van der Waals surface area contributed by atoms with Gasteiger partial charge in [0.1, 0.15) is 5.58 Å². The van der Waals surface area contributed by atoms with Crippen molar-refractivity contribution in [1.82, 2.24) is 19.9 Å². The zero-order valence-electron chi connectivity index (χ0n) is 51.3. The topological polar surface area (TPSA) is 64.7 Å². The second kappa shape index (κ2) is 19.6. The van der Waals surface area contributed by atoms with Gasteiger partial charge in [-0.25, -0.2) is 4.98 Å². The molecule has 0 N–H and O–H groups in total. The fraction of sp³-hybridized carbons (Fsp3) is 0.254. The fourth-order valence-electron chi connectivity index (χ4n) is 10.7. The Morgan fingerprint density at radius 3 is 1.90 bits per heavy atom. The van der Waals surface area contributed by atoms with Crippen LogP contribution in [-0.2, 0) is 36.4 Å². The molecule has 0 aliphatic heterocycles. The van der Waals surface area contributed by atoms with Crippen molar-refractivity contribution < 1.29 is 18.1 Å². The molecule has 0 radical (unpaired) electrons. The van der Waals surface area contributed by atoms with Crippen LogP contribution < -0.4 is 0 Å². The predicted molar refractivity (Wildman–Crippen MR) is 298 cm³/mol. The van der Waals surface area contributed by atoms with E-state index < -0.39 is 37.3 Å². The number of aromatic nitrogens is 4. The van der Waals surface area contributed by atoms with Gasteiger partial charge in [0.15, 0.2) is 0 Å². The zero-order valence-corrected chi connectivity index (χ0v) is 41.3. The van der Waals surface area contributed by atoms with Crippen LogP contribution >= 0.6 is 0 Å². The summed E-state index contributed by atoms with van der Waals surface area (Å²) in [5.74, 6) is 0.581. The number of furan rings is 1. The van der Waals surface area contributed by atoms with E-state index in [0.29, 0.717) is 40.7 Å². The summed E-state index contributed by atoms with van der Waals surface area (Å²) in [7, 11) is 0. The Morgan fingerprint density at radius 2 is 1.19 bits per heavy atom. The van der Waals surface area contributed by atoms with E-state index in [9.17, 15) is 5.48 Å². The molecule has 358 valence electrons. The Balaban J connectivity index is 1.01. The smallest absolute Gasteiger partial charge is 0.227 e. The number of pyridine rings is 4. The van der Waals surface area contributed by atoms with Crippen molar-refractivity contribution in [2.24, 2.45) is 0 Å². The minimum atomic E-state index is -2.84. The van der Waals surface area contributed by atoms with E-state index in [1.54, 1.807) is 54.6 Å². The summed E-state index contributed by atoms with van der Waals surface area (Å²) < 4.78 is 96.5. The lowest BCUT2D eigenvalue weighted by molar-refractivity contribution is 0.512. The lowest BCUT2D eigenvalue weighted by Crippen LogP contribution is -2.23. The normalized spacial score (nSPS) is 16.2. The number of rotatable bonds is 14. The van der Waals surface area contributed by atoms with Gasteiger partial charge in [0.25, 0.3) is 0 Å². The highest BCUT2D eigenvalue weighted by molar-refractivity contribution is 6.08.